The molecule has 19 heavy (non-hydrogen) atoms. The monoisotopic (exact) mass is 255 g/mol. The Balaban J connectivity index is 1.91. The molecular formula is C12H9N5O2. The smallest absolute Gasteiger partial charge is 0.271 e. The second-order valence-electron chi connectivity index (χ2n) is 3.90. The first-order valence-corrected chi connectivity index (χ1v) is 5.54. The summed E-state index contributed by atoms with van der Waals surface area (Å²) in [4.78, 5) is 21.5. The quantitative estimate of drug-likeness (QED) is 0.553. The van der Waals surface area contributed by atoms with Gasteiger partial charge in [-0.2, -0.15) is 0 Å². The molecule has 2 aromatic heterocycles. The summed E-state index contributed by atoms with van der Waals surface area (Å²) in [5, 5.41) is 13.7. The van der Waals surface area contributed by atoms with Gasteiger partial charge >= 0.3 is 0 Å². The number of hydrogen-bond acceptors (Lipinski definition) is 5. The topological polar surface area (TPSA) is 96.7 Å². The van der Waals surface area contributed by atoms with E-state index in [4.69, 9.17) is 0 Å². The fourth-order valence-electron chi connectivity index (χ4n) is 1.74. The third-order valence-electron chi connectivity index (χ3n) is 2.61. The number of benzene rings is 1. The third kappa shape index (κ3) is 2.21. The van der Waals surface area contributed by atoms with Gasteiger partial charge in [-0.25, -0.2) is 9.97 Å². The number of H-pyrrole nitrogens is 1. The van der Waals surface area contributed by atoms with Crippen molar-refractivity contribution < 1.29 is 4.92 Å². The number of nitro groups is 1. The summed E-state index contributed by atoms with van der Waals surface area (Å²) >= 11 is 0. The van der Waals surface area contributed by atoms with Crippen LogP contribution >= 0.6 is 0 Å². The molecule has 0 amide bonds. The minimum absolute atomic E-state index is 0.0332. The zero-order chi connectivity index (χ0) is 13.2. The first-order chi connectivity index (χ1) is 9.22. The number of imidazole rings is 1. The Morgan fingerprint density at radius 3 is 3.00 bits per heavy atom. The molecule has 2 N–H and O–H groups in total. The van der Waals surface area contributed by atoms with Gasteiger partial charge in [-0.15, -0.1) is 0 Å². The molecule has 0 unspecified atom stereocenters. The van der Waals surface area contributed by atoms with Crippen molar-refractivity contribution in [3.8, 4) is 0 Å². The maximum Gasteiger partial charge on any atom is 0.271 e. The van der Waals surface area contributed by atoms with Gasteiger partial charge in [-0.1, -0.05) is 6.07 Å². The molecule has 3 aromatic rings. The van der Waals surface area contributed by atoms with Crippen molar-refractivity contribution in [2.75, 3.05) is 5.32 Å². The molecule has 1 aromatic carbocycles. The Morgan fingerprint density at radius 2 is 2.16 bits per heavy atom. The maximum atomic E-state index is 10.7. The fraction of sp³-hybridized carbons (Fsp3) is 0. The maximum absolute atomic E-state index is 10.7. The number of nitro benzene ring substituents is 1. The van der Waals surface area contributed by atoms with E-state index in [1.807, 2.05) is 6.07 Å². The molecule has 0 saturated carbocycles. The van der Waals surface area contributed by atoms with Crippen molar-refractivity contribution in [2.24, 2.45) is 0 Å². The zero-order valence-corrected chi connectivity index (χ0v) is 9.70. The van der Waals surface area contributed by atoms with Crippen molar-refractivity contribution in [3.63, 3.8) is 0 Å². The highest BCUT2D eigenvalue weighted by molar-refractivity contribution is 5.73. The molecule has 0 saturated heterocycles. The average molecular weight is 255 g/mol. The lowest BCUT2D eigenvalue weighted by Gasteiger charge is -2.04. The molecular weight excluding hydrogens is 246 g/mol. The minimum atomic E-state index is -0.435. The lowest BCUT2D eigenvalue weighted by Crippen LogP contribution is -1.95. The van der Waals surface area contributed by atoms with Gasteiger partial charge in [0.25, 0.3) is 5.69 Å². The number of aromatic nitrogens is 3. The highest BCUT2D eigenvalue weighted by Crippen LogP contribution is 2.21. The van der Waals surface area contributed by atoms with E-state index in [-0.39, 0.29) is 5.69 Å². The predicted molar refractivity (Wildman–Crippen MR) is 70.3 cm³/mol. The van der Waals surface area contributed by atoms with Gasteiger partial charge < -0.3 is 10.3 Å². The normalized spacial score (nSPS) is 10.5. The molecule has 7 heteroatoms. The van der Waals surface area contributed by atoms with E-state index in [0.717, 1.165) is 5.52 Å². The van der Waals surface area contributed by atoms with Gasteiger partial charge in [0.1, 0.15) is 5.82 Å². The van der Waals surface area contributed by atoms with E-state index in [2.05, 4.69) is 20.3 Å². The zero-order valence-electron chi connectivity index (χ0n) is 9.70. The number of hydrogen-bond donors (Lipinski definition) is 2. The van der Waals surface area contributed by atoms with Gasteiger partial charge in [0.05, 0.1) is 16.8 Å². The Hall–Kier alpha value is -2.96. The molecule has 2 heterocycles. The minimum Gasteiger partial charge on any atom is -0.343 e. The highest BCUT2D eigenvalue weighted by Gasteiger charge is 2.06. The number of fused-ring (bicyclic) bond motifs is 1. The molecule has 0 aliphatic rings. The molecule has 0 fully saturated rings. The van der Waals surface area contributed by atoms with Crippen LogP contribution in [0.3, 0.4) is 0 Å². The van der Waals surface area contributed by atoms with Crippen LogP contribution < -0.4 is 5.32 Å². The molecule has 94 valence electrons. The Kier molecular flexibility index (Phi) is 2.57. The molecule has 0 aliphatic heterocycles. The fourth-order valence-corrected chi connectivity index (χ4v) is 1.74. The summed E-state index contributed by atoms with van der Waals surface area (Å²) in [7, 11) is 0. The van der Waals surface area contributed by atoms with E-state index >= 15 is 0 Å². The van der Waals surface area contributed by atoms with Crippen molar-refractivity contribution in [1.29, 1.82) is 0 Å². The van der Waals surface area contributed by atoms with E-state index in [9.17, 15) is 10.1 Å². The van der Waals surface area contributed by atoms with Crippen LogP contribution in [0.25, 0.3) is 11.2 Å². The van der Waals surface area contributed by atoms with Gasteiger partial charge in [0.2, 0.25) is 0 Å². The largest absolute Gasteiger partial charge is 0.343 e. The lowest BCUT2D eigenvalue weighted by atomic mass is 10.3. The Morgan fingerprint density at radius 1 is 1.26 bits per heavy atom. The van der Waals surface area contributed by atoms with Crippen molar-refractivity contribution in [2.45, 2.75) is 0 Å². The average Bonchev–Trinajstić information content (AvgIpc) is 2.86. The summed E-state index contributed by atoms with van der Waals surface area (Å²) < 4.78 is 0. The van der Waals surface area contributed by atoms with Crippen LogP contribution in [0.1, 0.15) is 0 Å². The van der Waals surface area contributed by atoms with Crippen LogP contribution in [-0.2, 0) is 0 Å². The summed E-state index contributed by atoms with van der Waals surface area (Å²) in [6.07, 6.45) is 1.56. The Labute approximate surface area is 107 Å². The third-order valence-corrected chi connectivity index (χ3v) is 2.61. The van der Waals surface area contributed by atoms with Crippen LogP contribution in [0.2, 0.25) is 0 Å². The number of rotatable bonds is 3. The van der Waals surface area contributed by atoms with Crippen molar-refractivity contribution >= 4 is 28.4 Å². The van der Waals surface area contributed by atoms with E-state index in [1.54, 1.807) is 24.5 Å². The van der Waals surface area contributed by atoms with Gasteiger partial charge in [0.15, 0.2) is 5.65 Å². The molecule has 0 atom stereocenters. The van der Waals surface area contributed by atoms with Gasteiger partial charge in [-0.3, -0.25) is 10.1 Å². The molecule has 0 bridgehead atoms. The number of anilines is 2. The van der Waals surface area contributed by atoms with Gasteiger partial charge in [0, 0.05) is 17.8 Å². The highest BCUT2D eigenvalue weighted by atomic mass is 16.6. The van der Waals surface area contributed by atoms with E-state index < -0.39 is 4.92 Å². The number of nitrogens with one attached hydrogen (secondary N) is 2. The van der Waals surface area contributed by atoms with E-state index in [0.29, 0.717) is 17.2 Å². The van der Waals surface area contributed by atoms with Crippen molar-refractivity contribution in [1.82, 2.24) is 15.0 Å². The molecule has 3 rings (SSSR count). The summed E-state index contributed by atoms with van der Waals surface area (Å²) in [5.74, 6) is 0.583. The second kappa shape index (κ2) is 4.37. The first kappa shape index (κ1) is 11.1. The summed E-state index contributed by atoms with van der Waals surface area (Å²) in [6, 6.07) is 9.87. The van der Waals surface area contributed by atoms with Gasteiger partial charge in [-0.05, 0) is 18.2 Å². The number of pyridine rings is 1. The Bertz CT molecular complexity index is 752. The summed E-state index contributed by atoms with van der Waals surface area (Å²) in [5.41, 5.74) is 2.07. The molecule has 0 aliphatic carbocycles. The van der Waals surface area contributed by atoms with Crippen LogP contribution in [0, 0.1) is 10.1 Å². The number of nitrogens with zero attached hydrogens (tertiary/aromatic N) is 3. The van der Waals surface area contributed by atoms with Crippen molar-refractivity contribution in [3.05, 3.63) is 52.8 Å². The predicted octanol–water partition coefficient (Wildman–Crippen LogP) is 2.61. The second-order valence-corrected chi connectivity index (χ2v) is 3.90. The molecule has 0 radical (unpaired) electrons. The molecule has 7 nitrogen and oxygen atoms in total. The summed E-state index contributed by atoms with van der Waals surface area (Å²) in [6.45, 7) is 0. The van der Waals surface area contributed by atoms with Crippen LogP contribution in [-0.4, -0.2) is 19.9 Å². The number of aromatic amines is 1. The molecule has 0 spiro atoms. The standard InChI is InChI=1S/C12H9N5O2/c18-17(19)9-3-1-2-8(6-9)15-11-5-4-10-12(16-11)14-7-13-10/h1-7H,(H2,13,14,15,16). The lowest BCUT2D eigenvalue weighted by molar-refractivity contribution is -0.384. The van der Waals surface area contributed by atoms with Crippen LogP contribution in [0.5, 0.6) is 0 Å². The SMILES string of the molecule is O=[N+]([O-])c1cccc(Nc2ccc3[nH]cnc3n2)c1. The first-order valence-electron chi connectivity index (χ1n) is 5.54. The van der Waals surface area contributed by atoms with E-state index in [1.165, 1.54) is 12.1 Å². The van der Waals surface area contributed by atoms with Crippen LogP contribution in [0.4, 0.5) is 17.2 Å². The van der Waals surface area contributed by atoms with Crippen LogP contribution in [0.15, 0.2) is 42.7 Å². The number of non-ortho nitro benzene ring substituents is 1.